The molecule has 2 N–H and O–H groups in total. The molecule has 8 aromatic rings. The molecule has 2 radical (unpaired) electrons. The minimum absolute atomic E-state index is 0. The number of pyridine rings is 4. The molecule has 4 aromatic heterocycles. The van der Waals surface area contributed by atoms with E-state index in [4.69, 9.17) is 10.2 Å². The van der Waals surface area contributed by atoms with Crippen molar-refractivity contribution >= 4 is 90.0 Å². The number of hydrogen-bond donors (Lipinski definition) is 2. The van der Waals surface area contributed by atoms with Crippen molar-refractivity contribution in [2.45, 2.75) is 19.6 Å². The number of para-hydroxylation sites is 4. The van der Waals surface area contributed by atoms with E-state index in [0.29, 0.717) is 88.4 Å². The van der Waals surface area contributed by atoms with E-state index in [9.17, 15) is 16.8 Å². The number of hydrogen-bond acceptors (Lipinski definition) is 12. The summed E-state index contributed by atoms with van der Waals surface area (Å²) in [5, 5.41) is 22.7. The Morgan fingerprint density at radius 1 is 0.351 bits per heavy atom. The molecule has 0 unspecified atom stereocenters. The van der Waals surface area contributed by atoms with Crippen LogP contribution in [0.3, 0.4) is 0 Å². The monoisotopic (exact) mass is 1160 g/mol. The Kier molecular flexibility index (Phi) is 23.1. The van der Waals surface area contributed by atoms with Gasteiger partial charge >= 0.3 is 34.1 Å². The molecule has 0 fully saturated rings. The molecule has 0 saturated carbocycles. The Balaban J connectivity index is 0.000000177. The van der Waals surface area contributed by atoms with Gasteiger partial charge in [-0.3, -0.25) is 36.8 Å². The quantitative estimate of drug-likeness (QED) is 0.158. The number of amidine groups is 4. The van der Waals surface area contributed by atoms with Gasteiger partial charge in [0.05, 0.1) is 66.7 Å². The largest absolute Gasteiger partial charge is 2.00 e. The van der Waals surface area contributed by atoms with E-state index in [1.807, 2.05) is 121 Å². The molecule has 0 amide bonds. The SMILES string of the molecule is CO.CO.O=[S@@]1N=C(c2ccccn2)[N-]c2ccccc21.O=[S@@]1[N-]C(c2ccccn2)=Nc2ccccc21.O=[S@]1N=C(c2ccccn2)[N-]c2ccccc21.O=[S@]1[N-]C(c2ccccn2)=Nc2ccccc21.[Cu+2].[Cu+2]. The molecular formula is C50H40Cu2N12O6S4. The Labute approximate surface area is 458 Å². The fraction of sp³-hybridized carbons (Fsp3) is 0.0400. The summed E-state index contributed by atoms with van der Waals surface area (Å²) in [7, 11) is -3.57. The molecule has 8 heterocycles. The Bertz CT molecular complexity index is 3130. The van der Waals surface area contributed by atoms with E-state index in [2.05, 4.69) is 58.8 Å². The number of aliphatic hydroxyl groups excluding tert-OH is 2. The summed E-state index contributed by atoms with van der Waals surface area (Å²) in [4.78, 5) is 27.9. The van der Waals surface area contributed by atoms with Gasteiger partial charge in [-0.25, -0.2) is 0 Å². The average Bonchev–Trinajstić information content (AvgIpc) is 3.45. The van der Waals surface area contributed by atoms with Crippen LogP contribution in [-0.2, 0) is 78.1 Å². The maximum Gasteiger partial charge on any atom is 2.00 e. The first-order valence-corrected chi connectivity index (χ1v) is 25.6. The standard InChI is InChI=1S/4C12H8N3OS.2CH4O.2Cu/c4*16-17-11-7-2-1-5-9(11)14-12(15-17)10-6-3-4-8-13-10;2*1-2;;/h4*1-8H;2*2H,1H3;;/q4*-1;;;2*+2/t4*17-;;;;/m1100..../s1. The third kappa shape index (κ3) is 15.0. The van der Waals surface area contributed by atoms with Crippen molar-refractivity contribution < 1.29 is 61.2 Å². The van der Waals surface area contributed by atoms with Gasteiger partial charge in [0.2, 0.25) is 0 Å². The van der Waals surface area contributed by atoms with Gasteiger partial charge in [0, 0.05) is 58.6 Å². The van der Waals surface area contributed by atoms with Gasteiger partial charge in [0.25, 0.3) is 0 Å². The fourth-order valence-electron chi connectivity index (χ4n) is 6.23. The van der Waals surface area contributed by atoms with Crippen molar-refractivity contribution in [2.75, 3.05) is 14.2 Å². The van der Waals surface area contributed by atoms with Crippen molar-refractivity contribution in [1.82, 2.24) is 19.9 Å². The topological polar surface area (TPSA) is 266 Å². The van der Waals surface area contributed by atoms with E-state index in [-0.39, 0.29) is 34.1 Å². The Morgan fingerprint density at radius 3 is 0.959 bits per heavy atom. The smallest absolute Gasteiger partial charge is 0.433 e. The molecule has 24 heteroatoms. The summed E-state index contributed by atoms with van der Waals surface area (Å²) >= 11 is 0. The van der Waals surface area contributed by atoms with Crippen LogP contribution in [0.25, 0.3) is 20.1 Å². The number of fused-ring (bicyclic) bond motifs is 4. The van der Waals surface area contributed by atoms with E-state index >= 15 is 0 Å². The molecule has 4 atom stereocenters. The zero-order chi connectivity index (χ0) is 50.7. The van der Waals surface area contributed by atoms with Gasteiger partial charge in [-0.15, -0.1) is 0 Å². The first kappa shape index (κ1) is 57.8. The summed E-state index contributed by atoms with van der Waals surface area (Å²) in [6.07, 6.45) is 6.65. The van der Waals surface area contributed by atoms with Gasteiger partial charge in [0.15, 0.2) is 0 Å². The number of nitrogens with zero attached hydrogens (tertiary/aromatic N) is 12. The van der Waals surface area contributed by atoms with Crippen LogP contribution >= 0.6 is 0 Å². The Hall–Kier alpha value is -7.08. The van der Waals surface area contributed by atoms with Crippen LogP contribution in [-0.4, -0.2) is 84.5 Å². The van der Waals surface area contributed by atoms with E-state index in [1.165, 1.54) is 0 Å². The number of rotatable bonds is 4. The van der Waals surface area contributed by atoms with Crippen molar-refractivity contribution in [1.29, 1.82) is 0 Å². The van der Waals surface area contributed by atoms with Crippen molar-refractivity contribution in [3.05, 3.63) is 237 Å². The van der Waals surface area contributed by atoms with Gasteiger partial charge < -0.3 is 49.1 Å². The van der Waals surface area contributed by atoms with Crippen molar-refractivity contribution in [3.63, 3.8) is 0 Å². The molecule has 4 aliphatic heterocycles. The van der Waals surface area contributed by atoms with Crippen molar-refractivity contribution in [2.24, 2.45) is 18.8 Å². The van der Waals surface area contributed by atoms with Gasteiger partial charge in [-0.2, -0.15) is 0 Å². The fourth-order valence-corrected chi connectivity index (χ4v) is 9.74. The van der Waals surface area contributed by atoms with Crippen LogP contribution in [0.4, 0.5) is 22.7 Å². The normalized spacial score (nSPS) is 16.6. The van der Waals surface area contributed by atoms with Crippen LogP contribution in [0.5, 0.6) is 0 Å². The summed E-state index contributed by atoms with van der Waals surface area (Å²) in [5.74, 6) is 1.68. The molecular weight excluding hydrogens is 1120 g/mol. The first-order chi connectivity index (χ1) is 35.4. The van der Waals surface area contributed by atoms with E-state index in [1.54, 1.807) is 73.3 Å². The van der Waals surface area contributed by atoms with E-state index < -0.39 is 43.9 Å². The number of aliphatic imine (C=N–C) groups is 2. The van der Waals surface area contributed by atoms with Gasteiger partial charge in [-0.1, -0.05) is 97.1 Å². The van der Waals surface area contributed by atoms with Crippen LogP contribution in [0, 0.1) is 0 Å². The molecule has 382 valence electrons. The van der Waals surface area contributed by atoms with Gasteiger partial charge in [-0.05, 0) is 119 Å². The number of aliphatic hydroxyl groups is 2. The second-order valence-electron chi connectivity index (χ2n) is 13.8. The molecule has 18 nitrogen and oxygen atoms in total. The molecule has 74 heavy (non-hydrogen) atoms. The van der Waals surface area contributed by atoms with Crippen LogP contribution < -0.4 is 0 Å². The third-order valence-electron chi connectivity index (χ3n) is 9.37. The summed E-state index contributed by atoms with van der Waals surface area (Å²) < 4.78 is 63.8. The minimum Gasteiger partial charge on any atom is -0.433 e. The maximum atomic E-state index is 11.9. The molecule has 12 rings (SSSR count). The van der Waals surface area contributed by atoms with Crippen molar-refractivity contribution in [3.8, 4) is 0 Å². The zero-order valence-electron chi connectivity index (χ0n) is 38.6. The predicted molar refractivity (Wildman–Crippen MR) is 283 cm³/mol. The second-order valence-corrected chi connectivity index (χ2v) is 18.3. The summed E-state index contributed by atoms with van der Waals surface area (Å²) in [5.41, 5.74) is 5.32. The average molecular weight is 1160 g/mol. The maximum absolute atomic E-state index is 11.9. The summed E-state index contributed by atoms with van der Waals surface area (Å²) in [6, 6.07) is 51.0. The zero-order valence-corrected chi connectivity index (χ0v) is 43.8. The van der Waals surface area contributed by atoms with Gasteiger partial charge in [0.1, 0.15) is 0 Å². The number of aromatic nitrogens is 4. The molecule has 4 aromatic carbocycles. The third-order valence-corrected chi connectivity index (χ3v) is 13.6. The predicted octanol–water partition coefficient (Wildman–Crippen LogP) is 9.49. The first-order valence-electron chi connectivity index (χ1n) is 21.2. The van der Waals surface area contributed by atoms with Crippen LogP contribution in [0.15, 0.2) is 233 Å². The second kappa shape index (κ2) is 29.6. The van der Waals surface area contributed by atoms with Crippen LogP contribution in [0.1, 0.15) is 22.8 Å². The van der Waals surface area contributed by atoms with E-state index in [0.717, 1.165) is 14.2 Å². The number of benzene rings is 4. The molecule has 0 aliphatic carbocycles. The molecule has 4 aliphatic rings. The Morgan fingerprint density at radius 2 is 0.635 bits per heavy atom. The summed E-state index contributed by atoms with van der Waals surface area (Å²) in [6.45, 7) is 0. The molecule has 0 saturated heterocycles. The molecule has 0 spiro atoms. The molecule has 0 bridgehead atoms. The minimum atomic E-state index is -1.39. The van der Waals surface area contributed by atoms with Crippen LogP contribution in [0.2, 0.25) is 0 Å².